The maximum absolute atomic E-state index is 6.44. The van der Waals surface area contributed by atoms with Gasteiger partial charge in [0.25, 0.3) is 0 Å². The first-order valence-electron chi connectivity index (χ1n) is 13.3. The van der Waals surface area contributed by atoms with Gasteiger partial charge in [0.1, 0.15) is 13.2 Å². The minimum Gasteiger partial charge on any atom is -0.487 e. The molecule has 6 heterocycles. The number of aromatic nitrogens is 2. The third-order valence-electron chi connectivity index (χ3n) is 8.95. The van der Waals surface area contributed by atoms with E-state index in [0.29, 0.717) is 23.4 Å². The number of allylic oxidation sites excluding steroid dienone is 1. The molecule has 184 valence electrons. The fourth-order valence-electron chi connectivity index (χ4n) is 6.92. The number of nitrogens with zero attached hydrogens (tertiary/aromatic N) is 4. The highest BCUT2D eigenvalue weighted by Gasteiger charge is 2.54. The maximum Gasteiger partial charge on any atom is 0.172 e. The van der Waals surface area contributed by atoms with Crippen LogP contribution in [0.5, 0.6) is 11.5 Å². The molecule has 2 saturated heterocycles. The van der Waals surface area contributed by atoms with Crippen LogP contribution in [-0.2, 0) is 5.41 Å². The largest absolute Gasteiger partial charge is 0.487 e. The lowest BCUT2D eigenvalue weighted by Crippen LogP contribution is -2.39. The monoisotopic (exact) mass is 472 g/mol. The molecule has 7 rings (SSSR count). The molecule has 0 N–H and O–H groups in total. The van der Waals surface area contributed by atoms with Crippen molar-refractivity contribution in [3.8, 4) is 11.5 Å². The first-order chi connectivity index (χ1) is 16.8. The number of hydrogen-bond donors (Lipinski definition) is 0. The van der Waals surface area contributed by atoms with Gasteiger partial charge in [0.2, 0.25) is 0 Å². The summed E-state index contributed by atoms with van der Waals surface area (Å²) >= 11 is 0. The molecule has 0 amide bonds. The lowest BCUT2D eigenvalue weighted by atomic mass is 9.82. The van der Waals surface area contributed by atoms with Gasteiger partial charge in [-0.2, -0.15) is 0 Å². The Morgan fingerprint density at radius 1 is 1.00 bits per heavy atom. The molecule has 1 spiro atoms. The van der Waals surface area contributed by atoms with Gasteiger partial charge in [0.05, 0.1) is 12.1 Å². The van der Waals surface area contributed by atoms with Crippen LogP contribution in [0.3, 0.4) is 0 Å². The quantitative estimate of drug-likeness (QED) is 0.571. The zero-order valence-electron chi connectivity index (χ0n) is 21.4. The number of anilines is 2. The van der Waals surface area contributed by atoms with Gasteiger partial charge in [-0.15, -0.1) is 0 Å². The third-order valence-corrected chi connectivity index (χ3v) is 8.95. The lowest BCUT2D eigenvalue weighted by molar-refractivity contribution is 0.261. The van der Waals surface area contributed by atoms with Crippen molar-refractivity contribution in [3.63, 3.8) is 0 Å². The van der Waals surface area contributed by atoms with E-state index in [1.165, 1.54) is 36.0 Å². The number of rotatable bonds is 3. The van der Waals surface area contributed by atoms with Gasteiger partial charge in [0.15, 0.2) is 23.1 Å². The Bertz CT molecular complexity index is 1220. The minimum absolute atomic E-state index is 0.155. The molecule has 2 aromatic heterocycles. The Kier molecular flexibility index (Phi) is 4.53. The second kappa shape index (κ2) is 7.37. The van der Waals surface area contributed by atoms with Gasteiger partial charge in [0, 0.05) is 42.0 Å². The second-order valence-corrected chi connectivity index (χ2v) is 12.3. The predicted molar refractivity (Wildman–Crippen MR) is 138 cm³/mol. The van der Waals surface area contributed by atoms with Gasteiger partial charge in [-0.3, -0.25) is 0 Å². The van der Waals surface area contributed by atoms with E-state index in [1.54, 1.807) is 0 Å². The first kappa shape index (κ1) is 21.5. The van der Waals surface area contributed by atoms with Crippen molar-refractivity contribution in [1.82, 2.24) is 9.97 Å². The Balaban J connectivity index is 1.19. The van der Waals surface area contributed by atoms with Gasteiger partial charge >= 0.3 is 0 Å². The molecule has 1 saturated carbocycles. The van der Waals surface area contributed by atoms with Crippen molar-refractivity contribution in [2.24, 2.45) is 5.41 Å². The summed E-state index contributed by atoms with van der Waals surface area (Å²) in [5.41, 5.74) is 4.33. The van der Waals surface area contributed by atoms with E-state index in [0.717, 1.165) is 55.9 Å². The molecule has 3 fully saturated rings. The minimum atomic E-state index is -0.155. The third kappa shape index (κ3) is 3.35. The lowest BCUT2D eigenvalue weighted by Gasteiger charge is -2.35. The van der Waals surface area contributed by atoms with E-state index < -0.39 is 0 Å². The van der Waals surface area contributed by atoms with Crippen LogP contribution >= 0.6 is 0 Å². The number of fused-ring (bicyclic) bond motifs is 6. The Morgan fingerprint density at radius 3 is 2.49 bits per heavy atom. The van der Waals surface area contributed by atoms with Crippen LogP contribution in [0.1, 0.15) is 70.4 Å². The first-order valence-corrected chi connectivity index (χ1v) is 13.3. The molecule has 1 aliphatic carbocycles. The van der Waals surface area contributed by atoms with Gasteiger partial charge in [-0.1, -0.05) is 39.3 Å². The van der Waals surface area contributed by atoms with E-state index in [4.69, 9.17) is 19.4 Å². The number of pyridine rings is 2. The van der Waals surface area contributed by atoms with Crippen LogP contribution in [0.15, 0.2) is 36.2 Å². The SMILES string of the molecule is CC(C)c1ccnc2c1OC[C@@H]1C/C(=C/C(C)(C)c3ccnc4c3OCC3CC5(CC5)CN43)CN21. The Morgan fingerprint density at radius 2 is 1.71 bits per heavy atom. The summed E-state index contributed by atoms with van der Waals surface area (Å²) in [5, 5.41) is 0. The summed E-state index contributed by atoms with van der Waals surface area (Å²) < 4.78 is 12.7. The number of ether oxygens (including phenoxy) is 2. The molecule has 2 atom stereocenters. The smallest absolute Gasteiger partial charge is 0.172 e. The zero-order chi connectivity index (χ0) is 23.9. The molecule has 0 radical (unpaired) electrons. The molecule has 4 aliphatic heterocycles. The van der Waals surface area contributed by atoms with Crippen LogP contribution in [-0.4, -0.2) is 48.4 Å². The van der Waals surface area contributed by atoms with Crippen LogP contribution in [0, 0.1) is 5.41 Å². The second-order valence-electron chi connectivity index (χ2n) is 12.3. The van der Waals surface area contributed by atoms with Crippen LogP contribution < -0.4 is 19.3 Å². The van der Waals surface area contributed by atoms with Crippen molar-refractivity contribution in [3.05, 3.63) is 47.3 Å². The van der Waals surface area contributed by atoms with Crippen LogP contribution in [0.2, 0.25) is 0 Å². The molecule has 6 heteroatoms. The van der Waals surface area contributed by atoms with Crippen molar-refractivity contribution < 1.29 is 9.47 Å². The van der Waals surface area contributed by atoms with E-state index >= 15 is 0 Å². The fourth-order valence-corrected chi connectivity index (χ4v) is 6.92. The molecular weight excluding hydrogens is 436 g/mol. The average molecular weight is 473 g/mol. The highest BCUT2D eigenvalue weighted by Crippen LogP contribution is 2.57. The van der Waals surface area contributed by atoms with Gasteiger partial charge in [-0.25, -0.2) is 9.97 Å². The maximum atomic E-state index is 6.44. The summed E-state index contributed by atoms with van der Waals surface area (Å²) in [6.45, 7) is 12.6. The van der Waals surface area contributed by atoms with E-state index in [1.807, 2.05) is 12.4 Å². The summed E-state index contributed by atoms with van der Waals surface area (Å²) in [4.78, 5) is 14.5. The zero-order valence-corrected chi connectivity index (χ0v) is 21.4. The fraction of sp³-hybridized carbons (Fsp3) is 0.586. The van der Waals surface area contributed by atoms with Crippen molar-refractivity contribution in [1.29, 1.82) is 0 Å². The molecule has 2 aromatic rings. The highest BCUT2D eigenvalue weighted by atomic mass is 16.5. The van der Waals surface area contributed by atoms with Crippen molar-refractivity contribution in [2.75, 3.05) is 36.1 Å². The molecule has 1 unspecified atom stereocenters. The molecule has 0 bridgehead atoms. The van der Waals surface area contributed by atoms with Crippen LogP contribution in [0.25, 0.3) is 0 Å². The molecular formula is C29H36N4O2. The standard InChI is InChI=1S/C29H36N4O2/c1-18(2)22-5-9-30-26-24(22)34-15-20-11-19(14-32(20)26)12-28(3,4)23-6-10-31-27-25(23)35-16-21-13-29(7-8-29)17-33(21)27/h5-6,9-10,12,18,20-21H,7-8,11,13-17H2,1-4H3/b19-12-/t20-,21?/m0/s1. The Hall–Kier alpha value is -2.76. The summed E-state index contributed by atoms with van der Waals surface area (Å²) in [7, 11) is 0. The molecule has 6 nitrogen and oxygen atoms in total. The van der Waals surface area contributed by atoms with Crippen molar-refractivity contribution >= 4 is 11.6 Å². The van der Waals surface area contributed by atoms with E-state index in [-0.39, 0.29) is 5.41 Å². The van der Waals surface area contributed by atoms with Crippen molar-refractivity contribution in [2.45, 2.75) is 76.8 Å². The van der Waals surface area contributed by atoms with E-state index in [9.17, 15) is 0 Å². The highest BCUT2D eigenvalue weighted by molar-refractivity contribution is 5.64. The summed E-state index contributed by atoms with van der Waals surface area (Å²) in [6, 6.07) is 5.10. The molecule has 35 heavy (non-hydrogen) atoms. The van der Waals surface area contributed by atoms with Gasteiger partial charge in [-0.05, 0) is 49.1 Å². The summed E-state index contributed by atoms with van der Waals surface area (Å²) in [6.07, 6.45) is 11.4. The number of hydrogen-bond acceptors (Lipinski definition) is 6. The summed E-state index contributed by atoms with van der Waals surface area (Å²) in [5.74, 6) is 4.46. The van der Waals surface area contributed by atoms with E-state index in [2.05, 4.69) is 55.7 Å². The van der Waals surface area contributed by atoms with Crippen LogP contribution in [0.4, 0.5) is 11.6 Å². The normalized spacial score (nSPS) is 26.8. The molecule has 0 aromatic carbocycles. The Labute approximate surface area is 208 Å². The molecule has 5 aliphatic rings. The average Bonchev–Trinajstić information content (AvgIpc) is 3.29. The topological polar surface area (TPSA) is 50.7 Å². The van der Waals surface area contributed by atoms with Gasteiger partial charge < -0.3 is 19.3 Å². The predicted octanol–water partition coefficient (Wildman–Crippen LogP) is 5.23.